The largest absolute Gasteiger partial charge is 0.459 e. The number of fused-ring (bicyclic) bond motifs is 2. The monoisotopic (exact) mass is 534 g/mol. The van der Waals surface area contributed by atoms with Crippen LogP contribution in [0.2, 0.25) is 0 Å². The highest BCUT2D eigenvalue weighted by molar-refractivity contribution is 5.66. The molecule has 218 valence electrons. The van der Waals surface area contributed by atoms with Crippen molar-refractivity contribution in [3.05, 3.63) is 12.2 Å². The van der Waals surface area contributed by atoms with Crippen LogP contribution in [0.4, 0.5) is 0 Å². The Kier molecular flexibility index (Phi) is 8.02. The Hall–Kier alpha value is -0.950. The van der Waals surface area contributed by atoms with E-state index in [1.165, 1.54) is 12.5 Å². The third-order valence-corrected chi connectivity index (χ3v) is 11.5. The van der Waals surface area contributed by atoms with Crippen LogP contribution in [0.25, 0.3) is 0 Å². The average molecular weight is 535 g/mol. The molecule has 0 unspecified atom stereocenters. The zero-order valence-electron chi connectivity index (χ0n) is 25.3. The van der Waals surface area contributed by atoms with Crippen molar-refractivity contribution in [2.24, 2.45) is 22.7 Å². The van der Waals surface area contributed by atoms with Crippen molar-refractivity contribution in [3.8, 4) is 0 Å². The van der Waals surface area contributed by atoms with E-state index in [0.29, 0.717) is 6.42 Å². The van der Waals surface area contributed by atoms with E-state index in [1.54, 1.807) is 0 Å². The zero-order chi connectivity index (χ0) is 28.3. The molecule has 4 rings (SSSR count). The molecule has 0 amide bonds. The molecule has 0 aromatic carbocycles. The van der Waals surface area contributed by atoms with Gasteiger partial charge in [-0.25, -0.2) is 0 Å². The van der Waals surface area contributed by atoms with E-state index in [1.807, 2.05) is 27.7 Å². The first-order chi connectivity index (χ1) is 17.4. The van der Waals surface area contributed by atoms with Crippen molar-refractivity contribution < 1.29 is 29.2 Å². The molecule has 4 fully saturated rings. The molecule has 0 spiro atoms. The number of hydrogen-bond donors (Lipinski definition) is 2. The SMILES string of the molecule is C=C1CC[C@@H]2OC(C)(C)[C@@H](O)CC[C@@]2(C)[C@@H]1CC[C@H]1[C@]2(C)CC[C@H](O)C(C)(C)O[C@H]2CC[C@@]1(C)OC(C)=O. The second kappa shape index (κ2) is 10.2. The van der Waals surface area contributed by atoms with E-state index in [-0.39, 0.29) is 40.8 Å². The fraction of sp³-hybridized carbons (Fsp3) is 0.906. The molecule has 2 N–H and O–H groups in total. The van der Waals surface area contributed by atoms with Gasteiger partial charge in [0.05, 0.1) is 35.6 Å². The molecule has 0 aromatic rings. The van der Waals surface area contributed by atoms with Crippen molar-refractivity contribution in [3.63, 3.8) is 0 Å². The van der Waals surface area contributed by atoms with Gasteiger partial charge in [-0.2, -0.15) is 0 Å². The van der Waals surface area contributed by atoms with Gasteiger partial charge in [-0.15, -0.1) is 0 Å². The smallest absolute Gasteiger partial charge is 0.303 e. The third-order valence-electron chi connectivity index (χ3n) is 11.5. The number of ether oxygens (including phenoxy) is 3. The summed E-state index contributed by atoms with van der Waals surface area (Å²) in [5.41, 5.74) is -0.808. The minimum atomic E-state index is -0.605. The maximum absolute atomic E-state index is 12.3. The number of esters is 1. The van der Waals surface area contributed by atoms with Gasteiger partial charge in [0.2, 0.25) is 0 Å². The normalized spacial score (nSPS) is 46.7. The van der Waals surface area contributed by atoms with Crippen LogP contribution in [0.3, 0.4) is 0 Å². The number of allylic oxidation sites excluding steroid dienone is 1. The highest BCUT2D eigenvalue weighted by Crippen LogP contribution is 2.59. The summed E-state index contributed by atoms with van der Waals surface area (Å²) >= 11 is 0. The predicted molar refractivity (Wildman–Crippen MR) is 149 cm³/mol. The Morgan fingerprint density at radius 2 is 1.37 bits per heavy atom. The summed E-state index contributed by atoms with van der Waals surface area (Å²) in [4.78, 5) is 12.3. The van der Waals surface area contributed by atoms with Crippen LogP contribution in [0.15, 0.2) is 12.2 Å². The maximum Gasteiger partial charge on any atom is 0.303 e. The van der Waals surface area contributed by atoms with E-state index < -0.39 is 29.0 Å². The standard InChI is InChI=1S/C32H54O6/c1-20-10-13-26-30(7,17-14-24(34)28(3,4)37-26)22(20)11-12-23-31(8)18-15-25(35)29(5,6)38-27(31)16-19-32(23,9)36-21(2)33/h22-27,34-35H,1,10-19H2,2-9H3/t22-,23+,24+,25+,26+,27+,30+,31+,32-/m1/s1. The molecule has 9 atom stereocenters. The molecule has 2 aliphatic heterocycles. The number of aliphatic hydroxyl groups excluding tert-OH is 2. The van der Waals surface area contributed by atoms with E-state index in [9.17, 15) is 15.0 Å². The lowest BCUT2D eigenvalue weighted by molar-refractivity contribution is -0.219. The molecule has 6 nitrogen and oxygen atoms in total. The van der Waals surface area contributed by atoms with Crippen LogP contribution in [-0.2, 0) is 19.0 Å². The number of rotatable bonds is 4. The van der Waals surface area contributed by atoms with Crippen LogP contribution in [0, 0.1) is 22.7 Å². The minimum Gasteiger partial charge on any atom is -0.459 e. The van der Waals surface area contributed by atoms with Crippen LogP contribution >= 0.6 is 0 Å². The first kappa shape index (κ1) is 30.0. The lowest BCUT2D eigenvalue weighted by atomic mass is 9.54. The fourth-order valence-corrected chi connectivity index (χ4v) is 8.85. The molecule has 2 saturated carbocycles. The minimum absolute atomic E-state index is 0.00154. The van der Waals surface area contributed by atoms with Gasteiger partial charge in [-0.3, -0.25) is 4.79 Å². The fourth-order valence-electron chi connectivity index (χ4n) is 8.85. The van der Waals surface area contributed by atoms with Crippen LogP contribution in [0.5, 0.6) is 0 Å². The molecule has 0 radical (unpaired) electrons. The number of carbonyl (C=O) groups excluding carboxylic acids is 1. The van der Waals surface area contributed by atoms with Gasteiger partial charge in [0.25, 0.3) is 0 Å². The van der Waals surface area contributed by atoms with Gasteiger partial charge in [0, 0.05) is 23.7 Å². The van der Waals surface area contributed by atoms with Crippen LogP contribution < -0.4 is 0 Å². The molecule has 0 bridgehead atoms. The molecule has 2 saturated heterocycles. The molecular formula is C32H54O6. The second-order valence-corrected chi connectivity index (χ2v) is 14.9. The van der Waals surface area contributed by atoms with Crippen LogP contribution in [0.1, 0.15) is 120 Å². The summed E-state index contributed by atoms with van der Waals surface area (Å²) in [6.45, 7) is 20.8. The van der Waals surface area contributed by atoms with Gasteiger partial charge in [0.15, 0.2) is 0 Å². The van der Waals surface area contributed by atoms with E-state index >= 15 is 0 Å². The number of aliphatic hydroxyl groups is 2. The Bertz CT molecular complexity index is 912. The Morgan fingerprint density at radius 3 is 1.92 bits per heavy atom. The molecule has 4 aliphatic rings. The molecule has 6 heteroatoms. The van der Waals surface area contributed by atoms with Gasteiger partial charge < -0.3 is 24.4 Å². The quantitative estimate of drug-likeness (QED) is 0.334. The van der Waals surface area contributed by atoms with Gasteiger partial charge in [-0.1, -0.05) is 26.0 Å². The van der Waals surface area contributed by atoms with Gasteiger partial charge >= 0.3 is 5.97 Å². The van der Waals surface area contributed by atoms with Gasteiger partial charge in [0.1, 0.15) is 5.60 Å². The Morgan fingerprint density at radius 1 is 0.842 bits per heavy atom. The second-order valence-electron chi connectivity index (χ2n) is 14.9. The lowest BCUT2D eigenvalue weighted by Gasteiger charge is -2.56. The van der Waals surface area contributed by atoms with Crippen molar-refractivity contribution in [2.75, 3.05) is 0 Å². The van der Waals surface area contributed by atoms with E-state index in [0.717, 1.165) is 57.8 Å². The number of carbonyl (C=O) groups is 1. The molecular weight excluding hydrogens is 480 g/mol. The van der Waals surface area contributed by atoms with Crippen molar-refractivity contribution in [1.82, 2.24) is 0 Å². The maximum atomic E-state index is 12.3. The first-order valence-corrected chi connectivity index (χ1v) is 15.0. The molecule has 38 heavy (non-hydrogen) atoms. The summed E-state index contributed by atoms with van der Waals surface area (Å²) in [7, 11) is 0. The van der Waals surface area contributed by atoms with E-state index in [4.69, 9.17) is 14.2 Å². The average Bonchev–Trinajstić information content (AvgIpc) is 2.95. The molecule has 2 aliphatic carbocycles. The summed E-state index contributed by atoms with van der Waals surface area (Å²) in [6.07, 6.45) is 7.45. The third kappa shape index (κ3) is 5.24. The predicted octanol–water partition coefficient (Wildman–Crippen LogP) is 6.11. The summed E-state index contributed by atoms with van der Waals surface area (Å²) < 4.78 is 19.4. The summed E-state index contributed by atoms with van der Waals surface area (Å²) in [6, 6.07) is 0. The van der Waals surface area contributed by atoms with Crippen molar-refractivity contribution in [1.29, 1.82) is 0 Å². The Balaban J connectivity index is 1.65. The van der Waals surface area contributed by atoms with Crippen molar-refractivity contribution >= 4 is 5.97 Å². The van der Waals surface area contributed by atoms with Gasteiger partial charge in [-0.05, 0) is 105 Å². The number of hydrogen-bond acceptors (Lipinski definition) is 6. The zero-order valence-corrected chi connectivity index (χ0v) is 25.3. The lowest BCUT2D eigenvalue weighted by Crippen LogP contribution is -2.58. The first-order valence-electron chi connectivity index (χ1n) is 15.0. The van der Waals surface area contributed by atoms with Crippen molar-refractivity contribution in [2.45, 2.75) is 161 Å². The highest BCUT2D eigenvalue weighted by atomic mass is 16.6. The Labute approximate surface area is 230 Å². The van der Waals surface area contributed by atoms with E-state index in [2.05, 4.69) is 27.4 Å². The highest BCUT2D eigenvalue weighted by Gasteiger charge is 2.59. The van der Waals surface area contributed by atoms with Crippen LogP contribution in [-0.4, -0.2) is 57.4 Å². The molecule has 0 aromatic heterocycles. The molecule has 2 heterocycles. The topological polar surface area (TPSA) is 85.2 Å². The summed E-state index contributed by atoms with van der Waals surface area (Å²) in [5.74, 6) is 0.114. The summed E-state index contributed by atoms with van der Waals surface area (Å²) in [5, 5.41) is 21.7.